The van der Waals surface area contributed by atoms with E-state index >= 15 is 0 Å². The molecule has 0 bridgehead atoms. The minimum Gasteiger partial charge on any atom is -0.454 e. The van der Waals surface area contributed by atoms with Crippen molar-refractivity contribution in [2.24, 2.45) is 0 Å². The van der Waals surface area contributed by atoms with E-state index in [1.807, 2.05) is 48.5 Å². The largest absolute Gasteiger partial charge is 0.454 e. The number of nitrogens with zero attached hydrogens (tertiary/aromatic N) is 4. The van der Waals surface area contributed by atoms with Crippen molar-refractivity contribution >= 4 is 24.2 Å². The number of tetrazole rings is 1. The van der Waals surface area contributed by atoms with Crippen LogP contribution in [0.2, 0.25) is 0 Å². The van der Waals surface area contributed by atoms with E-state index in [0.717, 1.165) is 41.2 Å². The Morgan fingerprint density at radius 3 is 2.81 bits per heavy atom. The van der Waals surface area contributed by atoms with E-state index in [-0.39, 0.29) is 12.4 Å². The normalized spacial score (nSPS) is 12.0. The van der Waals surface area contributed by atoms with Gasteiger partial charge in [-0.05, 0) is 40.3 Å². The fraction of sp³-hybridized carbons (Fsp3) is 0.235. The van der Waals surface area contributed by atoms with Crippen molar-refractivity contribution in [2.75, 3.05) is 19.1 Å². The standard InChI is InChI=1S/C17H17N5O2S.ClH/c1-2-4-14(5-3-1)22-17(19-20-21-22)25-9-8-18-11-13-6-7-15-16(10-13)24-12-23-15;/h1-7,10,18H,8-9,11-12H2;1H. The lowest BCUT2D eigenvalue weighted by Crippen LogP contribution is -2.16. The average molecular weight is 392 g/mol. The van der Waals surface area contributed by atoms with Gasteiger partial charge in [-0.25, -0.2) is 0 Å². The molecule has 1 aliphatic rings. The minimum atomic E-state index is 0. The van der Waals surface area contributed by atoms with Gasteiger partial charge in [0.05, 0.1) is 5.69 Å². The second kappa shape index (κ2) is 8.88. The monoisotopic (exact) mass is 391 g/mol. The third-order valence-corrected chi connectivity index (χ3v) is 4.64. The van der Waals surface area contributed by atoms with Crippen LogP contribution in [-0.4, -0.2) is 39.3 Å². The van der Waals surface area contributed by atoms with Gasteiger partial charge < -0.3 is 14.8 Å². The first-order chi connectivity index (χ1) is 12.4. The molecule has 4 rings (SSSR count). The zero-order valence-electron chi connectivity index (χ0n) is 13.9. The van der Waals surface area contributed by atoms with Gasteiger partial charge in [0, 0.05) is 18.8 Å². The SMILES string of the molecule is Cl.c1ccc(-n2nnnc2SCCNCc2ccc3c(c2)OCO3)cc1. The van der Waals surface area contributed by atoms with Crippen molar-refractivity contribution in [3.05, 3.63) is 54.1 Å². The first-order valence-electron chi connectivity index (χ1n) is 7.96. The Hall–Kier alpha value is -2.29. The molecule has 0 amide bonds. The number of nitrogens with one attached hydrogen (secondary N) is 1. The summed E-state index contributed by atoms with van der Waals surface area (Å²) in [6, 6.07) is 15.9. The topological polar surface area (TPSA) is 74.1 Å². The number of fused-ring (bicyclic) bond motifs is 1. The number of para-hydroxylation sites is 1. The number of thioether (sulfide) groups is 1. The van der Waals surface area contributed by atoms with E-state index in [1.165, 1.54) is 5.56 Å². The van der Waals surface area contributed by atoms with Crippen LogP contribution in [0.25, 0.3) is 5.69 Å². The van der Waals surface area contributed by atoms with Gasteiger partial charge >= 0.3 is 0 Å². The van der Waals surface area contributed by atoms with Crippen molar-refractivity contribution in [3.63, 3.8) is 0 Å². The van der Waals surface area contributed by atoms with E-state index in [1.54, 1.807) is 16.4 Å². The van der Waals surface area contributed by atoms with Gasteiger partial charge in [0.15, 0.2) is 11.5 Å². The summed E-state index contributed by atoms with van der Waals surface area (Å²) in [5.74, 6) is 2.50. The molecule has 136 valence electrons. The van der Waals surface area contributed by atoms with Crippen LogP contribution in [0.1, 0.15) is 5.56 Å². The van der Waals surface area contributed by atoms with Crippen LogP contribution >= 0.6 is 24.2 Å². The van der Waals surface area contributed by atoms with E-state index in [9.17, 15) is 0 Å². The third-order valence-electron chi connectivity index (χ3n) is 3.72. The van der Waals surface area contributed by atoms with Crippen LogP contribution in [0.15, 0.2) is 53.7 Å². The van der Waals surface area contributed by atoms with Crippen LogP contribution in [0.3, 0.4) is 0 Å². The number of hydrogen-bond acceptors (Lipinski definition) is 7. The first-order valence-corrected chi connectivity index (χ1v) is 8.94. The highest BCUT2D eigenvalue weighted by molar-refractivity contribution is 7.99. The number of halogens is 1. The molecule has 0 aliphatic carbocycles. The molecule has 0 unspecified atom stereocenters. The first kappa shape index (κ1) is 18.5. The van der Waals surface area contributed by atoms with Crippen LogP contribution in [0.5, 0.6) is 11.5 Å². The molecule has 1 N–H and O–H groups in total. The molecular formula is C17H18ClN5O2S. The molecule has 0 spiro atoms. The van der Waals surface area contributed by atoms with Crippen molar-refractivity contribution in [3.8, 4) is 17.2 Å². The molecule has 0 atom stereocenters. The molecule has 2 heterocycles. The Morgan fingerprint density at radius 2 is 1.92 bits per heavy atom. The van der Waals surface area contributed by atoms with Gasteiger partial charge in [-0.1, -0.05) is 36.0 Å². The maximum absolute atomic E-state index is 5.39. The maximum atomic E-state index is 5.39. The lowest BCUT2D eigenvalue weighted by molar-refractivity contribution is 0.174. The van der Waals surface area contributed by atoms with E-state index in [2.05, 4.69) is 20.8 Å². The number of rotatable bonds is 7. The summed E-state index contributed by atoms with van der Waals surface area (Å²) in [7, 11) is 0. The second-order valence-electron chi connectivity index (χ2n) is 5.42. The molecule has 26 heavy (non-hydrogen) atoms. The van der Waals surface area contributed by atoms with Crippen molar-refractivity contribution in [2.45, 2.75) is 11.7 Å². The molecule has 3 aromatic rings. The number of aromatic nitrogens is 4. The summed E-state index contributed by atoms with van der Waals surface area (Å²) in [4.78, 5) is 0. The summed E-state index contributed by atoms with van der Waals surface area (Å²) in [6.45, 7) is 1.93. The van der Waals surface area contributed by atoms with Gasteiger partial charge in [0.1, 0.15) is 0 Å². The zero-order chi connectivity index (χ0) is 16.9. The van der Waals surface area contributed by atoms with Gasteiger partial charge in [0.2, 0.25) is 11.9 Å². The summed E-state index contributed by atoms with van der Waals surface area (Å²) >= 11 is 1.62. The highest BCUT2D eigenvalue weighted by Gasteiger charge is 2.13. The fourth-order valence-corrected chi connectivity index (χ4v) is 3.29. The van der Waals surface area contributed by atoms with Crippen LogP contribution < -0.4 is 14.8 Å². The fourth-order valence-electron chi connectivity index (χ4n) is 2.50. The van der Waals surface area contributed by atoms with Crippen molar-refractivity contribution in [1.29, 1.82) is 0 Å². The second-order valence-corrected chi connectivity index (χ2v) is 6.48. The molecule has 1 aliphatic heterocycles. The molecule has 7 nitrogen and oxygen atoms in total. The Labute approximate surface area is 161 Å². The van der Waals surface area contributed by atoms with Crippen LogP contribution in [-0.2, 0) is 6.54 Å². The van der Waals surface area contributed by atoms with E-state index in [0.29, 0.717) is 6.79 Å². The predicted molar refractivity (Wildman–Crippen MR) is 101 cm³/mol. The maximum Gasteiger partial charge on any atom is 0.231 e. The summed E-state index contributed by atoms with van der Waals surface area (Å²) in [5, 5.41) is 16.1. The Morgan fingerprint density at radius 1 is 1.08 bits per heavy atom. The number of benzene rings is 2. The Balaban J connectivity index is 0.00000196. The van der Waals surface area contributed by atoms with Gasteiger partial charge in [-0.3, -0.25) is 0 Å². The van der Waals surface area contributed by atoms with Gasteiger partial charge in [-0.2, -0.15) is 4.68 Å². The highest BCUT2D eigenvalue weighted by Crippen LogP contribution is 2.32. The average Bonchev–Trinajstić information content (AvgIpc) is 3.31. The van der Waals surface area contributed by atoms with Gasteiger partial charge in [0.25, 0.3) is 0 Å². The van der Waals surface area contributed by atoms with E-state index < -0.39 is 0 Å². The molecule has 0 saturated carbocycles. The zero-order valence-corrected chi connectivity index (χ0v) is 15.5. The minimum absolute atomic E-state index is 0. The Kier molecular flexibility index (Phi) is 6.32. The number of ether oxygens (including phenoxy) is 2. The Bertz CT molecular complexity index is 846. The van der Waals surface area contributed by atoms with Crippen molar-refractivity contribution in [1.82, 2.24) is 25.5 Å². The molecule has 0 radical (unpaired) electrons. The van der Waals surface area contributed by atoms with E-state index in [4.69, 9.17) is 9.47 Å². The van der Waals surface area contributed by atoms with Crippen LogP contribution in [0.4, 0.5) is 0 Å². The predicted octanol–water partition coefficient (Wildman–Crippen LogP) is 2.69. The molecule has 9 heteroatoms. The van der Waals surface area contributed by atoms with Crippen LogP contribution in [0, 0.1) is 0 Å². The lowest BCUT2D eigenvalue weighted by atomic mass is 10.2. The summed E-state index contributed by atoms with van der Waals surface area (Å²) in [5.41, 5.74) is 2.13. The smallest absolute Gasteiger partial charge is 0.231 e. The lowest BCUT2D eigenvalue weighted by Gasteiger charge is -2.06. The molecule has 2 aromatic carbocycles. The molecular weight excluding hydrogens is 374 g/mol. The summed E-state index contributed by atoms with van der Waals surface area (Å²) < 4.78 is 12.5. The number of hydrogen-bond donors (Lipinski definition) is 1. The molecule has 0 saturated heterocycles. The molecule has 1 aromatic heterocycles. The quantitative estimate of drug-likeness (QED) is 0.490. The van der Waals surface area contributed by atoms with Gasteiger partial charge in [-0.15, -0.1) is 17.5 Å². The highest BCUT2D eigenvalue weighted by atomic mass is 35.5. The molecule has 0 fully saturated rings. The third kappa shape index (κ3) is 4.27. The van der Waals surface area contributed by atoms with Crippen molar-refractivity contribution < 1.29 is 9.47 Å². The summed E-state index contributed by atoms with van der Waals surface area (Å²) in [6.07, 6.45) is 0.